The Bertz CT molecular complexity index is 875. The van der Waals surface area contributed by atoms with Gasteiger partial charge >= 0.3 is 5.97 Å². The lowest BCUT2D eigenvalue weighted by Gasteiger charge is -2.31. The van der Waals surface area contributed by atoms with Crippen molar-refractivity contribution in [1.29, 1.82) is 0 Å². The van der Waals surface area contributed by atoms with Crippen molar-refractivity contribution in [3.8, 4) is 22.8 Å². The Morgan fingerprint density at radius 1 is 1.00 bits per heavy atom. The van der Waals surface area contributed by atoms with E-state index in [1.54, 1.807) is 19.2 Å². The molecule has 1 saturated heterocycles. The van der Waals surface area contributed by atoms with E-state index < -0.39 is 0 Å². The van der Waals surface area contributed by atoms with Crippen molar-refractivity contribution in [2.75, 3.05) is 68.1 Å². The molecule has 32 heavy (non-hydrogen) atoms. The Kier molecular flexibility index (Phi) is 8.92. The number of carbonyl (C=O) groups is 1. The molecular formula is C23H32N2O7. The van der Waals surface area contributed by atoms with E-state index in [1.165, 1.54) is 14.2 Å². The smallest absolute Gasteiger partial charge is 0.310 e. The van der Waals surface area contributed by atoms with Crippen molar-refractivity contribution in [2.45, 2.75) is 13.0 Å². The second-order valence-corrected chi connectivity index (χ2v) is 7.66. The molecule has 0 atom stereocenters. The van der Waals surface area contributed by atoms with Gasteiger partial charge in [0.1, 0.15) is 23.0 Å². The predicted octanol–water partition coefficient (Wildman–Crippen LogP) is 2.37. The molecule has 0 radical (unpaired) electrons. The summed E-state index contributed by atoms with van der Waals surface area (Å²) in [5.41, 5.74) is 1.33. The van der Waals surface area contributed by atoms with Gasteiger partial charge in [-0.3, -0.25) is 9.69 Å². The van der Waals surface area contributed by atoms with Gasteiger partial charge in [-0.2, -0.15) is 0 Å². The van der Waals surface area contributed by atoms with Crippen LogP contribution in [0, 0.1) is 0 Å². The zero-order valence-corrected chi connectivity index (χ0v) is 19.2. The van der Waals surface area contributed by atoms with Crippen LogP contribution in [0.15, 0.2) is 28.7 Å². The molecule has 1 aromatic carbocycles. The second kappa shape index (κ2) is 11.9. The van der Waals surface area contributed by atoms with E-state index in [0.717, 1.165) is 38.5 Å². The number of ether oxygens (including phenoxy) is 5. The molecule has 1 fully saturated rings. The van der Waals surface area contributed by atoms with E-state index in [4.69, 9.17) is 28.1 Å². The van der Waals surface area contributed by atoms with Gasteiger partial charge in [0.15, 0.2) is 13.6 Å². The van der Waals surface area contributed by atoms with Crippen LogP contribution in [0.4, 0.5) is 0 Å². The third-order valence-corrected chi connectivity index (χ3v) is 5.28. The number of nitrogens with zero attached hydrogens (tertiary/aromatic N) is 2. The van der Waals surface area contributed by atoms with Crippen molar-refractivity contribution in [3.63, 3.8) is 0 Å². The van der Waals surface area contributed by atoms with E-state index in [-0.39, 0.29) is 26.0 Å². The monoisotopic (exact) mass is 448 g/mol. The van der Waals surface area contributed by atoms with Gasteiger partial charge < -0.3 is 33.0 Å². The number of hydrogen-bond acceptors (Lipinski definition) is 9. The van der Waals surface area contributed by atoms with Gasteiger partial charge in [0, 0.05) is 46.5 Å². The number of benzene rings is 1. The first-order chi connectivity index (χ1) is 15.5. The molecule has 0 unspecified atom stereocenters. The van der Waals surface area contributed by atoms with Gasteiger partial charge in [-0.05, 0) is 30.8 Å². The summed E-state index contributed by atoms with van der Waals surface area (Å²) in [6.07, 6.45) is 0.0356. The fourth-order valence-electron chi connectivity index (χ4n) is 3.56. The third-order valence-electron chi connectivity index (χ3n) is 5.28. The second-order valence-electron chi connectivity index (χ2n) is 7.66. The highest BCUT2D eigenvalue weighted by Crippen LogP contribution is 2.39. The molecule has 3 rings (SSSR count). The van der Waals surface area contributed by atoms with Crippen LogP contribution in [0.5, 0.6) is 11.5 Å². The minimum absolute atomic E-state index is 0.0350. The van der Waals surface area contributed by atoms with Crippen LogP contribution in [0.1, 0.15) is 11.3 Å². The summed E-state index contributed by atoms with van der Waals surface area (Å²) >= 11 is 0. The van der Waals surface area contributed by atoms with Gasteiger partial charge in [0.2, 0.25) is 0 Å². The number of esters is 1. The zero-order valence-electron chi connectivity index (χ0n) is 19.2. The molecule has 1 aliphatic heterocycles. The fraction of sp³-hybridized carbons (Fsp3) is 0.522. The average Bonchev–Trinajstić information content (AvgIpc) is 3.25. The molecule has 1 aliphatic rings. The zero-order chi connectivity index (χ0) is 22.9. The summed E-state index contributed by atoms with van der Waals surface area (Å²) in [5.74, 6) is 2.07. The summed E-state index contributed by atoms with van der Waals surface area (Å²) < 4.78 is 32.6. The molecule has 9 nitrogen and oxygen atoms in total. The van der Waals surface area contributed by atoms with E-state index in [1.807, 2.05) is 12.1 Å². The predicted molar refractivity (Wildman–Crippen MR) is 118 cm³/mol. The summed E-state index contributed by atoms with van der Waals surface area (Å²) in [7, 11) is 6.57. The van der Waals surface area contributed by atoms with Crippen LogP contribution in [0.2, 0.25) is 0 Å². The number of furan rings is 1. The van der Waals surface area contributed by atoms with Gasteiger partial charge in [0.05, 0.1) is 25.6 Å². The molecule has 0 bridgehead atoms. The fourth-order valence-corrected chi connectivity index (χ4v) is 3.56. The van der Waals surface area contributed by atoms with Crippen molar-refractivity contribution in [3.05, 3.63) is 35.6 Å². The van der Waals surface area contributed by atoms with Gasteiger partial charge in [0.25, 0.3) is 0 Å². The summed E-state index contributed by atoms with van der Waals surface area (Å²) in [4.78, 5) is 16.8. The Morgan fingerprint density at radius 2 is 1.72 bits per heavy atom. The molecule has 0 amide bonds. The van der Waals surface area contributed by atoms with E-state index in [2.05, 4.69) is 16.8 Å². The molecule has 2 heterocycles. The molecule has 176 valence electrons. The molecular weight excluding hydrogens is 416 g/mol. The van der Waals surface area contributed by atoms with Crippen LogP contribution >= 0.6 is 0 Å². The topological polar surface area (TPSA) is 82.8 Å². The van der Waals surface area contributed by atoms with E-state index in [9.17, 15) is 4.79 Å². The standard InChI is InChI=1S/C23H32N2O7/c1-24-7-9-25(10-8-24)14-18-5-6-20(32-18)23-17(12-22(26)29-4)11-19(30-15-27-2)13-21(23)31-16-28-3/h5-6,11,13H,7-10,12,14-16H2,1-4H3. The SMILES string of the molecule is COCOc1cc(CC(=O)OC)c(-c2ccc(CN3CCN(C)CC3)o2)c(OCOC)c1. The number of piperazine rings is 1. The Balaban J connectivity index is 1.93. The normalized spacial score (nSPS) is 15.0. The molecule has 0 aliphatic carbocycles. The first-order valence-electron chi connectivity index (χ1n) is 10.5. The summed E-state index contributed by atoms with van der Waals surface area (Å²) in [6.45, 7) is 4.89. The number of likely N-dealkylation sites (N-methyl/N-ethyl adjacent to an activating group) is 1. The molecule has 0 spiro atoms. The molecule has 0 N–H and O–H groups in total. The number of carbonyl (C=O) groups excluding carboxylic acids is 1. The Labute approximate surface area is 188 Å². The minimum Gasteiger partial charge on any atom is -0.469 e. The third kappa shape index (κ3) is 6.46. The first kappa shape index (κ1) is 24.1. The first-order valence-corrected chi connectivity index (χ1v) is 10.5. The molecule has 1 aromatic heterocycles. The maximum absolute atomic E-state index is 12.1. The molecule has 0 saturated carbocycles. The highest BCUT2D eigenvalue weighted by atomic mass is 16.7. The average molecular weight is 449 g/mol. The van der Waals surface area contributed by atoms with Crippen LogP contribution < -0.4 is 9.47 Å². The number of hydrogen-bond donors (Lipinski definition) is 0. The van der Waals surface area contributed by atoms with Crippen molar-refractivity contribution in [1.82, 2.24) is 9.80 Å². The lowest BCUT2D eigenvalue weighted by atomic mass is 10.0. The van der Waals surface area contributed by atoms with Crippen LogP contribution in [0.3, 0.4) is 0 Å². The van der Waals surface area contributed by atoms with Gasteiger partial charge in [-0.15, -0.1) is 0 Å². The highest BCUT2D eigenvalue weighted by Gasteiger charge is 2.22. The number of rotatable bonds is 11. The Hall–Kier alpha value is -2.59. The van der Waals surface area contributed by atoms with Crippen LogP contribution in [-0.2, 0) is 32.0 Å². The van der Waals surface area contributed by atoms with Gasteiger partial charge in [-0.1, -0.05) is 0 Å². The minimum atomic E-state index is -0.378. The largest absolute Gasteiger partial charge is 0.469 e. The lowest BCUT2D eigenvalue weighted by molar-refractivity contribution is -0.139. The van der Waals surface area contributed by atoms with Crippen molar-refractivity contribution >= 4 is 5.97 Å². The lowest BCUT2D eigenvalue weighted by Crippen LogP contribution is -2.43. The van der Waals surface area contributed by atoms with E-state index in [0.29, 0.717) is 28.4 Å². The van der Waals surface area contributed by atoms with Crippen molar-refractivity contribution < 1.29 is 32.9 Å². The molecule has 2 aromatic rings. The van der Waals surface area contributed by atoms with E-state index >= 15 is 0 Å². The summed E-state index contributed by atoms with van der Waals surface area (Å²) in [6, 6.07) is 7.37. The Morgan fingerprint density at radius 3 is 2.41 bits per heavy atom. The number of methoxy groups -OCH3 is 3. The highest BCUT2D eigenvalue weighted by molar-refractivity contribution is 5.80. The van der Waals surface area contributed by atoms with Crippen molar-refractivity contribution in [2.24, 2.45) is 0 Å². The maximum atomic E-state index is 12.1. The molecule has 9 heteroatoms. The van der Waals surface area contributed by atoms with Crippen LogP contribution in [-0.4, -0.2) is 83.9 Å². The maximum Gasteiger partial charge on any atom is 0.310 e. The quantitative estimate of drug-likeness (QED) is 0.380. The van der Waals surface area contributed by atoms with Gasteiger partial charge in [-0.25, -0.2) is 0 Å². The summed E-state index contributed by atoms with van der Waals surface area (Å²) in [5, 5.41) is 0. The van der Waals surface area contributed by atoms with Crippen LogP contribution in [0.25, 0.3) is 11.3 Å².